The van der Waals surface area contributed by atoms with Crippen molar-refractivity contribution in [3.63, 3.8) is 0 Å². The molecule has 1 amide bonds. The molecule has 34 heavy (non-hydrogen) atoms. The fraction of sp³-hybridized carbons (Fsp3) is 0.208. The zero-order chi connectivity index (χ0) is 23.7. The van der Waals surface area contributed by atoms with Crippen molar-refractivity contribution in [1.29, 1.82) is 0 Å². The van der Waals surface area contributed by atoms with Crippen LogP contribution in [0.5, 0.6) is 0 Å². The summed E-state index contributed by atoms with van der Waals surface area (Å²) in [6.07, 6.45) is 4.36. The second kappa shape index (κ2) is 9.40. The van der Waals surface area contributed by atoms with E-state index in [-0.39, 0.29) is 16.6 Å². The van der Waals surface area contributed by atoms with Gasteiger partial charge in [0.2, 0.25) is 5.91 Å². The van der Waals surface area contributed by atoms with Gasteiger partial charge in [0.05, 0.1) is 23.9 Å². The Kier molecular flexibility index (Phi) is 6.17. The third-order valence-electron chi connectivity index (χ3n) is 5.84. The first-order valence-corrected chi connectivity index (χ1v) is 11.5. The standard InChI is InChI=1S/C24H20Cl2N6O2/c25-17-7-8-20(32-14-22(26)28-29-32)18(12-17)19-13-23(33)31(15-27-19)21(24(34)30-9-4-10-30)11-16-5-2-1-3-6-16/h1-3,5-8,12-15,21H,4,9-11H2. The summed E-state index contributed by atoms with van der Waals surface area (Å²) in [6.45, 7) is 1.41. The molecule has 8 nitrogen and oxygen atoms in total. The molecular formula is C24H20Cl2N6O2. The Morgan fingerprint density at radius 1 is 1.06 bits per heavy atom. The van der Waals surface area contributed by atoms with Crippen molar-refractivity contribution in [3.8, 4) is 16.9 Å². The van der Waals surface area contributed by atoms with Crippen LogP contribution in [0.2, 0.25) is 10.2 Å². The maximum absolute atomic E-state index is 13.3. The Morgan fingerprint density at radius 2 is 1.85 bits per heavy atom. The normalized spacial score (nSPS) is 14.0. The number of nitrogens with zero attached hydrogens (tertiary/aromatic N) is 6. The Labute approximate surface area is 205 Å². The van der Waals surface area contributed by atoms with Crippen molar-refractivity contribution in [2.24, 2.45) is 0 Å². The largest absolute Gasteiger partial charge is 0.341 e. The van der Waals surface area contributed by atoms with Gasteiger partial charge >= 0.3 is 0 Å². The van der Waals surface area contributed by atoms with E-state index >= 15 is 0 Å². The topological polar surface area (TPSA) is 85.9 Å². The maximum Gasteiger partial charge on any atom is 0.254 e. The molecule has 0 bridgehead atoms. The van der Waals surface area contributed by atoms with Crippen molar-refractivity contribution in [2.45, 2.75) is 18.9 Å². The number of amides is 1. The average Bonchev–Trinajstić information content (AvgIpc) is 3.23. The van der Waals surface area contributed by atoms with Crippen molar-refractivity contribution in [3.05, 3.63) is 93.2 Å². The van der Waals surface area contributed by atoms with Gasteiger partial charge in [-0.1, -0.05) is 58.7 Å². The molecule has 3 heterocycles. The van der Waals surface area contributed by atoms with E-state index in [9.17, 15) is 9.59 Å². The van der Waals surface area contributed by atoms with Gasteiger partial charge in [-0.15, -0.1) is 5.10 Å². The number of hydrogen-bond acceptors (Lipinski definition) is 5. The fourth-order valence-corrected chi connectivity index (χ4v) is 4.25. The number of carbonyl (C=O) groups excluding carboxylic acids is 1. The SMILES string of the molecule is O=C(C(Cc1ccccc1)n1cnc(-c2cc(Cl)ccc2-n2cc(Cl)nn2)cc1=O)N1CCC1. The first-order chi connectivity index (χ1) is 16.5. The molecule has 1 aliphatic heterocycles. The molecule has 0 aliphatic carbocycles. The van der Waals surface area contributed by atoms with Crippen molar-refractivity contribution >= 4 is 29.1 Å². The van der Waals surface area contributed by atoms with E-state index in [1.165, 1.54) is 21.6 Å². The van der Waals surface area contributed by atoms with Crippen LogP contribution in [0.4, 0.5) is 0 Å². The third-order valence-corrected chi connectivity index (χ3v) is 6.25. The van der Waals surface area contributed by atoms with E-state index in [0.717, 1.165) is 12.0 Å². The van der Waals surface area contributed by atoms with Gasteiger partial charge < -0.3 is 4.90 Å². The summed E-state index contributed by atoms with van der Waals surface area (Å²) >= 11 is 12.2. The Hall–Kier alpha value is -3.49. The molecule has 0 spiro atoms. The van der Waals surface area contributed by atoms with Gasteiger partial charge in [-0.05, 0) is 30.2 Å². The molecule has 0 saturated carbocycles. The number of benzene rings is 2. The van der Waals surface area contributed by atoms with Gasteiger partial charge in [-0.25, -0.2) is 9.67 Å². The second-order valence-electron chi connectivity index (χ2n) is 8.05. The highest BCUT2D eigenvalue weighted by atomic mass is 35.5. The fourth-order valence-electron chi connectivity index (χ4n) is 3.96. The van der Waals surface area contributed by atoms with Crippen LogP contribution in [-0.2, 0) is 11.2 Å². The molecule has 1 atom stereocenters. The molecule has 2 aromatic carbocycles. The number of halogens is 2. The first-order valence-electron chi connectivity index (χ1n) is 10.8. The lowest BCUT2D eigenvalue weighted by Crippen LogP contribution is -2.47. The van der Waals surface area contributed by atoms with Crippen LogP contribution in [0, 0.1) is 0 Å². The molecule has 1 unspecified atom stereocenters. The predicted octanol–water partition coefficient (Wildman–Crippen LogP) is 3.81. The maximum atomic E-state index is 13.3. The zero-order valence-electron chi connectivity index (χ0n) is 18.0. The number of aromatic nitrogens is 5. The number of rotatable bonds is 6. The molecule has 0 radical (unpaired) electrons. The lowest BCUT2D eigenvalue weighted by Gasteiger charge is -2.34. The molecule has 4 aromatic rings. The van der Waals surface area contributed by atoms with Gasteiger partial charge in [0.1, 0.15) is 6.04 Å². The van der Waals surface area contributed by atoms with E-state index in [1.807, 2.05) is 30.3 Å². The van der Waals surface area contributed by atoms with Crippen LogP contribution in [0.1, 0.15) is 18.0 Å². The summed E-state index contributed by atoms with van der Waals surface area (Å²) in [5.74, 6) is -0.0764. The van der Waals surface area contributed by atoms with E-state index in [1.54, 1.807) is 29.3 Å². The average molecular weight is 495 g/mol. The van der Waals surface area contributed by atoms with Crippen LogP contribution in [0.15, 0.2) is 71.9 Å². The molecular weight excluding hydrogens is 475 g/mol. The number of hydrogen-bond donors (Lipinski definition) is 0. The minimum atomic E-state index is -0.676. The van der Waals surface area contributed by atoms with Gasteiger partial charge in [0.15, 0.2) is 5.15 Å². The third kappa shape index (κ3) is 4.47. The monoisotopic (exact) mass is 494 g/mol. The highest BCUT2D eigenvalue weighted by Gasteiger charge is 2.30. The quantitative estimate of drug-likeness (QED) is 0.406. The van der Waals surface area contributed by atoms with Crippen LogP contribution in [0.25, 0.3) is 16.9 Å². The molecule has 1 fully saturated rings. The highest BCUT2D eigenvalue weighted by molar-refractivity contribution is 6.31. The predicted molar refractivity (Wildman–Crippen MR) is 129 cm³/mol. The summed E-state index contributed by atoms with van der Waals surface area (Å²) in [5.41, 5.74) is 2.25. The van der Waals surface area contributed by atoms with Gasteiger partial charge in [-0.3, -0.25) is 14.2 Å². The molecule has 1 saturated heterocycles. The summed E-state index contributed by atoms with van der Waals surface area (Å²) in [4.78, 5) is 32.8. The summed E-state index contributed by atoms with van der Waals surface area (Å²) in [7, 11) is 0. The summed E-state index contributed by atoms with van der Waals surface area (Å²) in [6, 6.07) is 15.5. The Balaban J connectivity index is 1.54. The van der Waals surface area contributed by atoms with Crippen LogP contribution >= 0.6 is 23.2 Å². The van der Waals surface area contributed by atoms with Gasteiger partial charge in [0.25, 0.3) is 5.56 Å². The Morgan fingerprint density at radius 3 is 2.50 bits per heavy atom. The molecule has 10 heteroatoms. The molecule has 2 aromatic heterocycles. The van der Waals surface area contributed by atoms with Gasteiger partial charge in [0, 0.05) is 36.2 Å². The van der Waals surface area contributed by atoms with Crippen molar-refractivity contribution < 1.29 is 4.79 Å². The van der Waals surface area contributed by atoms with E-state index < -0.39 is 6.04 Å². The number of likely N-dealkylation sites (tertiary alicyclic amines) is 1. The smallest absolute Gasteiger partial charge is 0.254 e. The van der Waals surface area contributed by atoms with Crippen LogP contribution in [0.3, 0.4) is 0 Å². The van der Waals surface area contributed by atoms with Gasteiger partial charge in [-0.2, -0.15) is 0 Å². The molecule has 5 rings (SSSR count). The van der Waals surface area contributed by atoms with E-state index in [4.69, 9.17) is 23.2 Å². The molecule has 1 aliphatic rings. The lowest BCUT2D eigenvalue weighted by atomic mass is 10.0. The van der Waals surface area contributed by atoms with Crippen molar-refractivity contribution in [2.75, 3.05) is 13.1 Å². The lowest BCUT2D eigenvalue weighted by molar-refractivity contribution is -0.138. The summed E-state index contributed by atoms with van der Waals surface area (Å²) in [5, 5.41) is 8.53. The van der Waals surface area contributed by atoms with Crippen LogP contribution in [-0.4, -0.2) is 48.4 Å². The van der Waals surface area contributed by atoms with E-state index in [2.05, 4.69) is 15.3 Å². The second-order valence-corrected chi connectivity index (χ2v) is 8.88. The highest BCUT2D eigenvalue weighted by Crippen LogP contribution is 2.28. The first kappa shape index (κ1) is 22.3. The number of carbonyl (C=O) groups is 1. The van der Waals surface area contributed by atoms with E-state index in [0.29, 0.717) is 41.5 Å². The Bertz CT molecular complexity index is 1400. The van der Waals surface area contributed by atoms with Crippen molar-refractivity contribution in [1.82, 2.24) is 29.4 Å². The summed E-state index contributed by atoms with van der Waals surface area (Å²) < 4.78 is 2.90. The molecule has 172 valence electrons. The zero-order valence-corrected chi connectivity index (χ0v) is 19.5. The molecule has 0 N–H and O–H groups in total. The minimum absolute atomic E-state index is 0.0764. The van der Waals surface area contributed by atoms with Crippen LogP contribution < -0.4 is 5.56 Å². The minimum Gasteiger partial charge on any atom is -0.341 e.